The van der Waals surface area contributed by atoms with E-state index in [0.29, 0.717) is 28.5 Å². The largest absolute Gasteiger partial charge is 0.337 e. The summed E-state index contributed by atoms with van der Waals surface area (Å²) in [6.07, 6.45) is 0. The first-order valence-corrected chi connectivity index (χ1v) is 9.12. The highest BCUT2D eigenvalue weighted by Crippen LogP contribution is 2.15. The molecule has 3 aromatic rings. The van der Waals surface area contributed by atoms with E-state index in [4.69, 9.17) is 11.6 Å². The fraction of sp³-hybridized carbons (Fsp3) is 0.0909. The van der Waals surface area contributed by atoms with Gasteiger partial charge in [-0.25, -0.2) is 4.79 Å². The first kappa shape index (κ1) is 19.5. The zero-order chi connectivity index (χ0) is 19.9. The van der Waals surface area contributed by atoms with Gasteiger partial charge < -0.3 is 15.5 Å². The Hall–Kier alpha value is -3.31. The maximum absolute atomic E-state index is 12.6. The van der Waals surface area contributed by atoms with Crippen LogP contribution in [0.3, 0.4) is 0 Å². The molecule has 3 aromatic carbocycles. The van der Waals surface area contributed by atoms with E-state index in [1.165, 1.54) is 0 Å². The summed E-state index contributed by atoms with van der Waals surface area (Å²) in [6, 6.07) is 23.0. The summed E-state index contributed by atoms with van der Waals surface area (Å²) in [5, 5.41) is 6.13. The second-order valence-electron chi connectivity index (χ2n) is 6.31. The third-order valence-corrected chi connectivity index (χ3v) is 4.31. The number of carbonyl (C=O) groups is 2. The standard InChI is InChI=1S/C22H20ClN3O2/c1-26(15-16-6-5-7-18(23)14-16)21(27)17-10-12-20(13-11-17)25-22(28)24-19-8-3-2-4-9-19/h2-14H,15H2,1H3,(H2,24,25,28). The van der Waals surface area contributed by atoms with Crippen molar-refractivity contribution >= 4 is 34.9 Å². The topological polar surface area (TPSA) is 61.4 Å². The molecule has 0 spiro atoms. The van der Waals surface area contributed by atoms with Gasteiger partial charge in [-0.15, -0.1) is 0 Å². The monoisotopic (exact) mass is 393 g/mol. The van der Waals surface area contributed by atoms with E-state index in [9.17, 15) is 9.59 Å². The molecule has 0 aliphatic rings. The summed E-state index contributed by atoms with van der Waals surface area (Å²) >= 11 is 5.99. The van der Waals surface area contributed by atoms with Crippen molar-refractivity contribution in [3.8, 4) is 0 Å². The van der Waals surface area contributed by atoms with Gasteiger partial charge in [-0.1, -0.05) is 41.9 Å². The Bertz CT molecular complexity index is 959. The number of benzene rings is 3. The highest BCUT2D eigenvalue weighted by atomic mass is 35.5. The predicted molar refractivity (Wildman–Crippen MR) is 113 cm³/mol. The van der Waals surface area contributed by atoms with E-state index in [0.717, 1.165) is 5.56 Å². The molecule has 0 bridgehead atoms. The smallest absolute Gasteiger partial charge is 0.323 e. The van der Waals surface area contributed by atoms with Crippen molar-refractivity contribution in [3.63, 3.8) is 0 Å². The molecule has 2 N–H and O–H groups in total. The van der Waals surface area contributed by atoms with E-state index in [-0.39, 0.29) is 11.9 Å². The normalized spacial score (nSPS) is 10.2. The first-order chi connectivity index (χ1) is 13.5. The van der Waals surface area contributed by atoms with Gasteiger partial charge in [0.15, 0.2) is 0 Å². The second kappa shape index (κ2) is 9.06. The average Bonchev–Trinajstić information content (AvgIpc) is 2.68. The highest BCUT2D eigenvalue weighted by molar-refractivity contribution is 6.30. The second-order valence-corrected chi connectivity index (χ2v) is 6.75. The Balaban J connectivity index is 1.58. The van der Waals surface area contributed by atoms with E-state index in [1.807, 2.05) is 36.4 Å². The molecule has 0 heterocycles. The molecule has 3 amide bonds. The average molecular weight is 394 g/mol. The van der Waals surface area contributed by atoms with Gasteiger partial charge in [0, 0.05) is 35.6 Å². The van der Waals surface area contributed by atoms with Crippen LogP contribution >= 0.6 is 11.6 Å². The van der Waals surface area contributed by atoms with E-state index in [2.05, 4.69) is 10.6 Å². The van der Waals surface area contributed by atoms with Crippen molar-refractivity contribution in [2.75, 3.05) is 17.7 Å². The third-order valence-electron chi connectivity index (χ3n) is 4.08. The van der Waals surface area contributed by atoms with E-state index >= 15 is 0 Å². The van der Waals surface area contributed by atoms with Crippen molar-refractivity contribution in [3.05, 3.63) is 95.0 Å². The van der Waals surface area contributed by atoms with Crippen molar-refractivity contribution in [1.29, 1.82) is 0 Å². The van der Waals surface area contributed by atoms with Gasteiger partial charge >= 0.3 is 6.03 Å². The predicted octanol–water partition coefficient (Wildman–Crippen LogP) is 5.26. The molecule has 5 nitrogen and oxygen atoms in total. The summed E-state index contributed by atoms with van der Waals surface area (Å²) in [7, 11) is 1.74. The SMILES string of the molecule is CN(Cc1cccc(Cl)c1)C(=O)c1ccc(NC(=O)Nc2ccccc2)cc1. The Morgan fingerprint density at radius 2 is 1.50 bits per heavy atom. The molecular formula is C22H20ClN3O2. The number of nitrogens with one attached hydrogen (secondary N) is 2. The number of amides is 3. The van der Waals surface area contributed by atoms with Crippen LogP contribution in [0, 0.1) is 0 Å². The molecular weight excluding hydrogens is 374 g/mol. The van der Waals surface area contributed by atoms with Gasteiger partial charge in [0.05, 0.1) is 0 Å². The number of halogens is 1. The van der Waals surface area contributed by atoms with Crippen molar-refractivity contribution < 1.29 is 9.59 Å². The summed E-state index contributed by atoms with van der Waals surface area (Å²) in [4.78, 5) is 26.3. The molecule has 0 saturated carbocycles. The minimum Gasteiger partial charge on any atom is -0.337 e. The molecule has 28 heavy (non-hydrogen) atoms. The lowest BCUT2D eigenvalue weighted by Crippen LogP contribution is -2.26. The molecule has 6 heteroatoms. The van der Waals surface area contributed by atoms with Crippen LogP contribution in [-0.2, 0) is 6.54 Å². The van der Waals surface area contributed by atoms with Gasteiger partial charge in [-0.3, -0.25) is 4.79 Å². The lowest BCUT2D eigenvalue weighted by Gasteiger charge is -2.18. The zero-order valence-electron chi connectivity index (χ0n) is 15.4. The molecule has 0 unspecified atom stereocenters. The summed E-state index contributed by atoms with van der Waals surface area (Å²) in [6.45, 7) is 0.457. The summed E-state index contributed by atoms with van der Waals surface area (Å²) in [5.41, 5.74) is 2.80. The molecule has 0 saturated heterocycles. The number of nitrogens with zero attached hydrogens (tertiary/aromatic N) is 1. The quantitative estimate of drug-likeness (QED) is 0.621. The highest BCUT2D eigenvalue weighted by Gasteiger charge is 2.12. The summed E-state index contributed by atoms with van der Waals surface area (Å²) in [5.74, 6) is -0.111. The van der Waals surface area contributed by atoms with E-state index < -0.39 is 0 Å². The fourth-order valence-electron chi connectivity index (χ4n) is 2.71. The Kier molecular flexibility index (Phi) is 6.29. The van der Waals surface area contributed by atoms with Gasteiger partial charge in [-0.05, 0) is 54.1 Å². The number of hydrogen-bond donors (Lipinski definition) is 2. The molecule has 0 aromatic heterocycles. The first-order valence-electron chi connectivity index (χ1n) is 8.74. The number of rotatable bonds is 5. The lowest BCUT2D eigenvalue weighted by molar-refractivity contribution is 0.0785. The van der Waals surface area contributed by atoms with Crippen LogP contribution < -0.4 is 10.6 Å². The van der Waals surface area contributed by atoms with Crippen molar-refractivity contribution in [1.82, 2.24) is 4.90 Å². The molecule has 0 fully saturated rings. The van der Waals surface area contributed by atoms with Crippen LogP contribution in [0.2, 0.25) is 5.02 Å². The van der Waals surface area contributed by atoms with Crippen LogP contribution in [0.4, 0.5) is 16.2 Å². The van der Waals surface area contributed by atoms with Crippen LogP contribution in [0.1, 0.15) is 15.9 Å². The fourth-order valence-corrected chi connectivity index (χ4v) is 2.93. The van der Waals surface area contributed by atoms with Crippen LogP contribution in [0.25, 0.3) is 0 Å². The Morgan fingerprint density at radius 3 is 2.14 bits per heavy atom. The molecule has 3 rings (SSSR count). The van der Waals surface area contributed by atoms with Gasteiger partial charge in [-0.2, -0.15) is 0 Å². The Morgan fingerprint density at radius 1 is 0.857 bits per heavy atom. The van der Waals surface area contributed by atoms with Crippen molar-refractivity contribution in [2.24, 2.45) is 0 Å². The van der Waals surface area contributed by atoms with Crippen LogP contribution in [0.15, 0.2) is 78.9 Å². The number of urea groups is 1. The van der Waals surface area contributed by atoms with Crippen molar-refractivity contribution in [2.45, 2.75) is 6.54 Å². The van der Waals surface area contributed by atoms with Gasteiger partial charge in [0.25, 0.3) is 5.91 Å². The molecule has 0 radical (unpaired) electrons. The van der Waals surface area contributed by atoms with Gasteiger partial charge in [0.2, 0.25) is 0 Å². The van der Waals surface area contributed by atoms with E-state index in [1.54, 1.807) is 54.4 Å². The molecule has 0 aliphatic carbocycles. The number of anilines is 2. The number of carbonyl (C=O) groups excluding carboxylic acids is 2. The number of hydrogen-bond acceptors (Lipinski definition) is 2. The maximum atomic E-state index is 12.6. The maximum Gasteiger partial charge on any atom is 0.323 e. The number of para-hydroxylation sites is 1. The Labute approximate surface area is 168 Å². The zero-order valence-corrected chi connectivity index (χ0v) is 16.1. The molecule has 142 valence electrons. The van der Waals surface area contributed by atoms with Crippen LogP contribution in [0.5, 0.6) is 0 Å². The molecule has 0 aliphatic heterocycles. The lowest BCUT2D eigenvalue weighted by atomic mass is 10.1. The van der Waals surface area contributed by atoms with Gasteiger partial charge in [0.1, 0.15) is 0 Å². The molecule has 0 atom stereocenters. The summed E-state index contributed by atoms with van der Waals surface area (Å²) < 4.78 is 0. The minimum absolute atomic E-state index is 0.111. The minimum atomic E-state index is -0.344. The third kappa shape index (κ3) is 5.34. The van der Waals surface area contributed by atoms with Crippen LogP contribution in [-0.4, -0.2) is 23.9 Å².